The lowest BCUT2D eigenvalue weighted by molar-refractivity contribution is -0.142. The molecule has 6 nitrogen and oxygen atoms in total. The highest BCUT2D eigenvalue weighted by Crippen LogP contribution is 2.27. The van der Waals surface area contributed by atoms with E-state index in [-0.39, 0.29) is 18.5 Å². The summed E-state index contributed by atoms with van der Waals surface area (Å²) in [6.07, 6.45) is 2.15. The minimum Gasteiger partial charge on any atom is -0.494 e. The number of benzene rings is 1. The first-order valence-corrected chi connectivity index (χ1v) is 8.54. The summed E-state index contributed by atoms with van der Waals surface area (Å²) >= 11 is 0. The molecule has 1 aromatic carbocycles. The molecule has 0 radical (unpaired) electrons. The van der Waals surface area contributed by atoms with Crippen LogP contribution in [-0.4, -0.2) is 47.6 Å². The summed E-state index contributed by atoms with van der Waals surface area (Å²) in [5.41, 5.74) is 0.950. The quantitative estimate of drug-likeness (QED) is 0.762. The minimum absolute atomic E-state index is 0.115. The first-order chi connectivity index (χ1) is 11.6. The number of amides is 1. The van der Waals surface area contributed by atoms with Crippen molar-refractivity contribution in [2.45, 2.75) is 45.2 Å². The van der Waals surface area contributed by atoms with Gasteiger partial charge in [0.05, 0.1) is 19.2 Å². The first kappa shape index (κ1) is 18.3. The topological polar surface area (TPSA) is 78.9 Å². The molecule has 0 spiro atoms. The van der Waals surface area contributed by atoms with Crippen LogP contribution in [0, 0.1) is 0 Å². The number of hydrogen-bond acceptors (Lipinski definition) is 4. The summed E-state index contributed by atoms with van der Waals surface area (Å²) < 4.78 is 5.64. The van der Waals surface area contributed by atoms with Crippen molar-refractivity contribution in [3.8, 4) is 5.75 Å². The number of ether oxygens (including phenoxy) is 1. The van der Waals surface area contributed by atoms with Crippen LogP contribution in [0.4, 0.5) is 0 Å². The van der Waals surface area contributed by atoms with Crippen LogP contribution >= 0.6 is 0 Å². The number of aliphatic carboxylic acids is 1. The zero-order valence-corrected chi connectivity index (χ0v) is 14.3. The second-order valence-corrected chi connectivity index (χ2v) is 5.97. The van der Waals surface area contributed by atoms with Crippen LogP contribution in [0.25, 0.3) is 0 Å². The van der Waals surface area contributed by atoms with Gasteiger partial charge >= 0.3 is 5.97 Å². The number of hydrogen-bond donors (Lipinski definition) is 2. The molecule has 1 aliphatic heterocycles. The van der Waals surface area contributed by atoms with Gasteiger partial charge in [0.1, 0.15) is 11.8 Å². The number of para-hydroxylation sites is 1. The van der Waals surface area contributed by atoms with E-state index in [9.17, 15) is 14.7 Å². The van der Waals surface area contributed by atoms with Gasteiger partial charge in [0.2, 0.25) is 5.91 Å². The predicted octanol–water partition coefficient (Wildman–Crippen LogP) is 2.20. The number of carbonyl (C=O) groups excluding carboxylic acids is 1. The zero-order valence-electron chi connectivity index (χ0n) is 14.3. The molecule has 2 rings (SSSR count). The molecule has 0 aromatic heterocycles. The summed E-state index contributed by atoms with van der Waals surface area (Å²) in [6, 6.07) is 6.99. The third-order valence-electron chi connectivity index (χ3n) is 4.33. The van der Waals surface area contributed by atoms with Crippen molar-refractivity contribution in [2.24, 2.45) is 0 Å². The molecule has 1 fully saturated rings. The third-order valence-corrected chi connectivity index (χ3v) is 4.33. The Morgan fingerprint density at radius 1 is 1.38 bits per heavy atom. The van der Waals surface area contributed by atoms with Gasteiger partial charge in [-0.25, -0.2) is 0 Å². The van der Waals surface area contributed by atoms with Gasteiger partial charge < -0.3 is 15.2 Å². The van der Waals surface area contributed by atoms with Crippen LogP contribution < -0.4 is 10.1 Å². The van der Waals surface area contributed by atoms with E-state index in [1.54, 1.807) is 4.90 Å². The van der Waals surface area contributed by atoms with Crippen molar-refractivity contribution in [1.82, 2.24) is 10.2 Å². The van der Waals surface area contributed by atoms with Gasteiger partial charge in [-0.05, 0) is 38.8 Å². The van der Waals surface area contributed by atoms with E-state index in [2.05, 4.69) is 5.32 Å². The second kappa shape index (κ2) is 8.68. The number of carboxylic acids is 1. The highest BCUT2D eigenvalue weighted by molar-refractivity contribution is 5.80. The maximum Gasteiger partial charge on any atom is 0.320 e. The van der Waals surface area contributed by atoms with Crippen LogP contribution in [0.5, 0.6) is 5.75 Å². The predicted molar refractivity (Wildman–Crippen MR) is 91.0 cm³/mol. The van der Waals surface area contributed by atoms with Crippen LogP contribution in [-0.2, 0) is 9.59 Å². The van der Waals surface area contributed by atoms with Crippen LogP contribution in [0.1, 0.15) is 44.7 Å². The lowest BCUT2D eigenvalue weighted by atomic mass is 10.0. The molecule has 1 amide bonds. The molecule has 132 valence electrons. The number of carboxylic acid groups (broad SMARTS) is 1. The molecule has 1 aliphatic rings. The maximum atomic E-state index is 12.4. The first-order valence-electron chi connectivity index (χ1n) is 8.54. The maximum absolute atomic E-state index is 12.4. The fourth-order valence-electron chi connectivity index (χ4n) is 3.17. The van der Waals surface area contributed by atoms with E-state index in [1.165, 1.54) is 0 Å². The Labute approximate surface area is 142 Å². The molecule has 6 heteroatoms. The molecular formula is C18H26N2O4. The number of nitrogens with one attached hydrogen (secondary N) is 1. The van der Waals surface area contributed by atoms with E-state index in [1.807, 2.05) is 38.1 Å². The summed E-state index contributed by atoms with van der Waals surface area (Å²) in [7, 11) is 0. The van der Waals surface area contributed by atoms with E-state index >= 15 is 0 Å². The van der Waals surface area contributed by atoms with Crippen molar-refractivity contribution in [2.75, 3.05) is 19.7 Å². The van der Waals surface area contributed by atoms with Crippen LogP contribution in [0.15, 0.2) is 24.3 Å². The minimum atomic E-state index is -0.853. The largest absolute Gasteiger partial charge is 0.494 e. The lowest BCUT2D eigenvalue weighted by Crippen LogP contribution is -2.43. The molecule has 1 aromatic rings. The van der Waals surface area contributed by atoms with Crippen molar-refractivity contribution in [1.29, 1.82) is 0 Å². The Kier molecular flexibility index (Phi) is 6.61. The van der Waals surface area contributed by atoms with Crippen molar-refractivity contribution in [3.63, 3.8) is 0 Å². The van der Waals surface area contributed by atoms with Gasteiger partial charge in [-0.2, -0.15) is 0 Å². The molecule has 2 N–H and O–H groups in total. The molecule has 0 saturated carbocycles. The summed E-state index contributed by atoms with van der Waals surface area (Å²) in [4.78, 5) is 25.3. The number of carbonyl (C=O) groups is 2. The van der Waals surface area contributed by atoms with Gasteiger partial charge in [-0.15, -0.1) is 0 Å². The zero-order chi connectivity index (χ0) is 17.5. The third kappa shape index (κ3) is 4.47. The SMILES string of the molecule is CCOc1ccccc1C(CC)NC(=O)CN1CCCC1C(=O)O. The number of likely N-dealkylation sites (tertiary alicyclic amines) is 1. The molecule has 2 atom stereocenters. The summed E-state index contributed by atoms with van der Waals surface area (Å²) in [5, 5.41) is 12.2. The number of rotatable bonds is 8. The molecular weight excluding hydrogens is 308 g/mol. The van der Waals surface area contributed by atoms with E-state index in [0.29, 0.717) is 19.6 Å². The van der Waals surface area contributed by atoms with Gasteiger partial charge in [0.15, 0.2) is 0 Å². The molecule has 1 heterocycles. The fourth-order valence-corrected chi connectivity index (χ4v) is 3.17. The van der Waals surface area contributed by atoms with E-state index in [4.69, 9.17) is 4.74 Å². The molecule has 0 bridgehead atoms. The molecule has 24 heavy (non-hydrogen) atoms. The molecule has 0 aliphatic carbocycles. The monoisotopic (exact) mass is 334 g/mol. The number of nitrogens with zero attached hydrogens (tertiary/aromatic N) is 1. The summed E-state index contributed by atoms with van der Waals surface area (Å²) in [5.74, 6) is -0.230. The van der Waals surface area contributed by atoms with E-state index in [0.717, 1.165) is 24.2 Å². The van der Waals surface area contributed by atoms with Crippen molar-refractivity contribution in [3.05, 3.63) is 29.8 Å². The average Bonchev–Trinajstić information content (AvgIpc) is 3.02. The van der Waals surface area contributed by atoms with Crippen LogP contribution in [0.3, 0.4) is 0 Å². The average molecular weight is 334 g/mol. The fraction of sp³-hybridized carbons (Fsp3) is 0.556. The Bertz CT molecular complexity index is 576. The Hall–Kier alpha value is -2.08. The Balaban J connectivity index is 2.02. The standard InChI is InChI=1S/C18H26N2O4/c1-3-14(13-8-5-6-10-16(13)24-4-2)19-17(21)12-20-11-7-9-15(20)18(22)23/h5-6,8,10,14-15H,3-4,7,9,11-12H2,1-2H3,(H,19,21)(H,22,23). The molecule has 2 unspecified atom stereocenters. The highest BCUT2D eigenvalue weighted by atomic mass is 16.5. The van der Waals surface area contributed by atoms with Crippen LogP contribution in [0.2, 0.25) is 0 Å². The molecule has 1 saturated heterocycles. The normalized spacial score (nSPS) is 19.0. The Morgan fingerprint density at radius 3 is 2.79 bits per heavy atom. The van der Waals surface area contributed by atoms with Gasteiger partial charge in [0, 0.05) is 5.56 Å². The lowest BCUT2D eigenvalue weighted by Gasteiger charge is -2.24. The Morgan fingerprint density at radius 2 is 2.12 bits per heavy atom. The van der Waals surface area contributed by atoms with Gasteiger partial charge in [0.25, 0.3) is 0 Å². The van der Waals surface area contributed by atoms with Gasteiger partial charge in [-0.1, -0.05) is 25.1 Å². The van der Waals surface area contributed by atoms with Crippen molar-refractivity contribution >= 4 is 11.9 Å². The van der Waals surface area contributed by atoms with E-state index < -0.39 is 12.0 Å². The van der Waals surface area contributed by atoms with Crippen molar-refractivity contribution < 1.29 is 19.4 Å². The second-order valence-electron chi connectivity index (χ2n) is 5.97. The highest BCUT2D eigenvalue weighted by Gasteiger charge is 2.32. The summed E-state index contributed by atoms with van der Waals surface area (Å²) in [6.45, 7) is 5.26. The smallest absolute Gasteiger partial charge is 0.320 e. The van der Waals surface area contributed by atoms with Gasteiger partial charge in [-0.3, -0.25) is 14.5 Å².